The van der Waals surface area contributed by atoms with E-state index in [1.165, 1.54) is 5.56 Å². The monoisotopic (exact) mass is 287 g/mol. The largest absolute Gasteiger partial charge is 0.395 e. The van der Waals surface area contributed by atoms with Gasteiger partial charge in [-0.3, -0.25) is 9.48 Å². The molecule has 1 N–H and O–H groups in total. The number of aromatic nitrogens is 2. The van der Waals surface area contributed by atoms with Gasteiger partial charge < -0.3 is 10.0 Å². The normalized spacial score (nSPS) is 10.6. The third kappa shape index (κ3) is 3.92. The molecule has 1 aromatic heterocycles. The fraction of sp³-hybridized carbons (Fsp3) is 0.375. The van der Waals surface area contributed by atoms with Crippen LogP contribution in [0.3, 0.4) is 0 Å². The smallest absolute Gasteiger partial charge is 0.272 e. The van der Waals surface area contributed by atoms with Gasteiger partial charge in [0.05, 0.1) is 12.3 Å². The second kappa shape index (κ2) is 7.04. The predicted octanol–water partition coefficient (Wildman–Crippen LogP) is 1.41. The van der Waals surface area contributed by atoms with Gasteiger partial charge in [0.25, 0.3) is 5.91 Å². The van der Waals surface area contributed by atoms with Crippen LogP contribution in [0.1, 0.15) is 21.7 Å². The Balaban J connectivity index is 2.07. The lowest BCUT2D eigenvalue weighted by Gasteiger charge is -2.21. The highest BCUT2D eigenvalue weighted by Crippen LogP contribution is 2.08. The Morgan fingerprint density at radius 3 is 2.57 bits per heavy atom. The van der Waals surface area contributed by atoms with Gasteiger partial charge >= 0.3 is 0 Å². The summed E-state index contributed by atoms with van der Waals surface area (Å²) in [5.41, 5.74) is 2.54. The molecule has 0 fully saturated rings. The van der Waals surface area contributed by atoms with E-state index < -0.39 is 0 Å². The minimum atomic E-state index is -0.0944. The molecule has 21 heavy (non-hydrogen) atoms. The first-order valence-electron chi connectivity index (χ1n) is 7.06. The van der Waals surface area contributed by atoms with Gasteiger partial charge in [0.1, 0.15) is 5.69 Å². The minimum Gasteiger partial charge on any atom is -0.395 e. The highest BCUT2D eigenvalue weighted by molar-refractivity contribution is 5.92. The third-order valence-electron chi connectivity index (χ3n) is 3.39. The zero-order valence-corrected chi connectivity index (χ0v) is 12.5. The molecular weight excluding hydrogens is 266 g/mol. The number of amides is 1. The third-order valence-corrected chi connectivity index (χ3v) is 3.39. The van der Waals surface area contributed by atoms with Gasteiger partial charge in [0, 0.05) is 20.1 Å². The number of hydrogen-bond donors (Lipinski definition) is 1. The molecular formula is C16H21N3O2. The molecule has 0 atom stereocenters. The molecule has 1 heterocycles. The van der Waals surface area contributed by atoms with E-state index in [-0.39, 0.29) is 12.5 Å². The summed E-state index contributed by atoms with van der Waals surface area (Å²) in [5, 5.41) is 13.4. The highest BCUT2D eigenvalue weighted by atomic mass is 16.3. The van der Waals surface area contributed by atoms with Crippen molar-refractivity contribution in [3.05, 3.63) is 53.3 Å². The van der Waals surface area contributed by atoms with Gasteiger partial charge in [-0.15, -0.1) is 0 Å². The standard InChI is InChI=1S/C16H21N3O2/c1-13-12-15(18(2)17-13)16(21)19(10-11-20)9-8-14-6-4-3-5-7-14/h3-7,12,20H,8-11H2,1-2H3. The number of aryl methyl sites for hydroxylation is 2. The molecule has 1 aromatic carbocycles. The maximum atomic E-state index is 12.5. The lowest BCUT2D eigenvalue weighted by Crippen LogP contribution is -2.36. The quantitative estimate of drug-likeness (QED) is 0.874. The van der Waals surface area contributed by atoms with Crippen LogP contribution < -0.4 is 0 Å². The summed E-state index contributed by atoms with van der Waals surface area (Å²) in [7, 11) is 1.76. The van der Waals surface area contributed by atoms with E-state index in [0.29, 0.717) is 18.8 Å². The Morgan fingerprint density at radius 2 is 2.00 bits per heavy atom. The SMILES string of the molecule is Cc1cc(C(=O)N(CCO)CCc2ccccc2)n(C)n1. The lowest BCUT2D eigenvalue weighted by molar-refractivity contribution is 0.0713. The van der Waals surface area contributed by atoms with Crippen LogP contribution in [0.15, 0.2) is 36.4 Å². The molecule has 0 bridgehead atoms. The Labute approximate surface area is 124 Å². The summed E-state index contributed by atoms with van der Waals surface area (Å²) in [6.45, 7) is 2.72. The number of carbonyl (C=O) groups is 1. The van der Waals surface area contributed by atoms with Crippen LogP contribution in [0.4, 0.5) is 0 Å². The molecule has 0 spiro atoms. The van der Waals surface area contributed by atoms with Crippen LogP contribution >= 0.6 is 0 Å². The first kappa shape index (κ1) is 15.3. The van der Waals surface area contributed by atoms with E-state index >= 15 is 0 Å². The molecule has 2 rings (SSSR count). The number of carbonyl (C=O) groups excluding carboxylic acids is 1. The van der Waals surface area contributed by atoms with E-state index in [2.05, 4.69) is 5.10 Å². The zero-order valence-electron chi connectivity index (χ0n) is 12.5. The molecule has 0 unspecified atom stereocenters. The van der Waals surface area contributed by atoms with Crippen molar-refractivity contribution in [3.63, 3.8) is 0 Å². The second-order valence-electron chi connectivity index (χ2n) is 5.05. The van der Waals surface area contributed by atoms with Gasteiger partial charge in [-0.1, -0.05) is 30.3 Å². The predicted molar refractivity (Wildman–Crippen MR) is 81.1 cm³/mol. The van der Waals surface area contributed by atoms with Crippen molar-refractivity contribution in [2.45, 2.75) is 13.3 Å². The number of nitrogens with zero attached hydrogens (tertiary/aromatic N) is 3. The maximum absolute atomic E-state index is 12.5. The summed E-state index contributed by atoms with van der Waals surface area (Å²) in [6.07, 6.45) is 0.767. The van der Waals surface area contributed by atoms with E-state index in [1.807, 2.05) is 37.3 Å². The minimum absolute atomic E-state index is 0.0443. The average Bonchev–Trinajstić information content (AvgIpc) is 2.82. The van der Waals surface area contributed by atoms with Crippen LogP contribution in [0.5, 0.6) is 0 Å². The van der Waals surface area contributed by atoms with Crippen molar-refractivity contribution in [3.8, 4) is 0 Å². The first-order chi connectivity index (χ1) is 10.1. The summed E-state index contributed by atoms with van der Waals surface area (Å²) >= 11 is 0. The van der Waals surface area contributed by atoms with E-state index in [4.69, 9.17) is 0 Å². The second-order valence-corrected chi connectivity index (χ2v) is 5.05. The van der Waals surface area contributed by atoms with Crippen LogP contribution in [0, 0.1) is 6.92 Å². The van der Waals surface area contributed by atoms with Crippen molar-refractivity contribution in [2.24, 2.45) is 7.05 Å². The Hall–Kier alpha value is -2.14. The van der Waals surface area contributed by atoms with Gasteiger partial charge in [-0.2, -0.15) is 5.10 Å². The molecule has 0 aliphatic carbocycles. The van der Waals surface area contributed by atoms with E-state index in [1.54, 1.807) is 22.7 Å². The highest BCUT2D eigenvalue weighted by Gasteiger charge is 2.19. The summed E-state index contributed by atoms with van der Waals surface area (Å²) in [5.74, 6) is -0.0944. The Kier molecular flexibility index (Phi) is 5.11. The van der Waals surface area contributed by atoms with Crippen molar-refractivity contribution in [1.29, 1.82) is 0 Å². The van der Waals surface area contributed by atoms with Crippen LogP contribution in [0.25, 0.3) is 0 Å². The molecule has 0 aliphatic heterocycles. The van der Waals surface area contributed by atoms with Crippen molar-refractivity contribution in [2.75, 3.05) is 19.7 Å². The Morgan fingerprint density at radius 1 is 1.29 bits per heavy atom. The molecule has 0 saturated carbocycles. The number of rotatable bonds is 6. The molecule has 112 valence electrons. The van der Waals surface area contributed by atoms with Crippen molar-refractivity contribution >= 4 is 5.91 Å². The van der Waals surface area contributed by atoms with Crippen LogP contribution in [-0.4, -0.2) is 45.4 Å². The molecule has 5 nitrogen and oxygen atoms in total. The fourth-order valence-corrected chi connectivity index (χ4v) is 2.32. The lowest BCUT2D eigenvalue weighted by atomic mass is 10.1. The Bertz CT molecular complexity index is 593. The number of aliphatic hydroxyl groups excluding tert-OH is 1. The molecule has 0 radical (unpaired) electrons. The number of hydrogen-bond acceptors (Lipinski definition) is 3. The zero-order chi connectivity index (χ0) is 15.2. The van der Waals surface area contributed by atoms with E-state index in [0.717, 1.165) is 12.1 Å². The van der Waals surface area contributed by atoms with Gasteiger partial charge in [0.2, 0.25) is 0 Å². The molecule has 2 aromatic rings. The summed E-state index contributed by atoms with van der Waals surface area (Å²) in [6, 6.07) is 11.8. The van der Waals surface area contributed by atoms with Crippen LogP contribution in [-0.2, 0) is 13.5 Å². The number of benzene rings is 1. The maximum Gasteiger partial charge on any atom is 0.272 e. The summed E-state index contributed by atoms with van der Waals surface area (Å²) in [4.78, 5) is 14.2. The molecule has 0 aliphatic rings. The van der Waals surface area contributed by atoms with Crippen LogP contribution in [0.2, 0.25) is 0 Å². The van der Waals surface area contributed by atoms with Crippen molar-refractivity contribution in [1.82, 2.24) is 14.7 Å². The fourth-order valence-electron chi connectivity index (χ4n) is 2.32. The van der Waals surface area contributed by atoms with Gasteiger partial charge in [-0.05, 0) is 25.0 Å². The first-order valence-corrected chi connectivity index (χ1v) is 7.06. The van der Waals surface area contributed by atoms with E-state index in [9.17, 15) is 9.90 Å². The molecule has 5 heteroatoms. The molecule has 1 amide bonds. The summed E-state index contributed by atoms with van der Waals surface area (Å²) < 4.78 is 1.59. The van der Waals surface area contributed by atoms with Crippen molar-refractivity contribution < 1.29 is 9.90 Å². The topological polar surface area (TPSA) is 58.4 Å². The molecule has 0 saturated heterocycles. The van der Waals surface area contributed by atoms with Gasteiger partial charge in [-0.25, -0.2) is 0 Å². The van der Waals surface area contributed by atoms with Gasteiger partial charge in [0.15, 0.2) is 0 Å². The average molecular weight is 287 g/mol. The number of aliphatic hydroxyl groups is 1.